The summed E-state index contributed by atoms with van der Waals surface area (Å²) in [5.74, 6) is 0. The number of hydrazine groups is 1. The highest BCUT2D eigenvalue weighted by molar-refractivity contribution is 4.80. The molecule has 0 radical (unpaired) electrons. The highest BCUT2D eigenvalue weighted by Gasteiger charge is 2.26. The average Bonchev–Trinajstić information content (AvgIpc) is 2.68. The summed E-state index contributed by atoms with van der Waals surface area (Å²) >= 11 is 0. The molecule has 2 heterocycles. The maximum absolute atomic E-state index is 5.35. The maximum atomic E-state index is 5.35. The van der Waals surface area contributed by atoms with Gasteiger partial charge >= 0.3 is 0 Å². The lowest BCUT2D eigenvalue weighted by Crippen LogP contribution is -2.48. The van der Waals surface area contributed by atoms with E-state index in [0.29, 0.717) is 6.04 Å². The third-order valence-corrected chi connectivity index (χ3v) is 3.05. The molecule has 4 heteroatoms. The zero-order chi connectivity index (χ0) is 9.80. The predicted octanol–water partition coefficient (Wildman–Crippen LogP) is -0.0826. The SMILES string of the molecule is CCNC1CCN(N2CCOCC2)C1. The van der Waals surface area contributed by atoms with E-state index in [1.807, 2.05) is 0 Å². The van der Waals surface area contributed by atoms with Gasteiger partial charge < -0.3 is 10.1 Å². The van der Waals surface area contributed by atoms with Crippen LogP contribution in [0.15, 0.2) is 0 Å². The Morgan fingerprint density at radius 3 is 2.71 bits per heavy atom. The fourth-order valence-electron chi connectivity index (χ4n) is 2.29. The molecular weight excluding hydrogens is 178 g/mol. The topological polar surface area (TPSA) is 27.7 Å². The molecule has 2 aliphatic rings. The highest BCUT2D eigenvalue weighted by atomic mass is 16.5. The van der Waals surface area contributed by atoms with Crippen molar-refractivity contribution in [1.29, 1.82) is 0 Å². The lowest BCUT2D eigenvalue weighted by atomic mass is 10.3. The van der Waals surface area contributed by atoms with Crippen molar-refractivity contribution in [2.24, 2.45) is 0 Å². The van der Waals surface area contributed by atoms with Crippen LogP contribution in [0.2, 0.25) is 0 Å². The van der Waals surface area contributed by atoms with Crippen molar-refractivity contribution in [3.63, 3.8) is 0 Å². The molecule has 0 aromatic carbocycles. The van der Waals surface area contributed by atoms with Crippen molar-refractivity contribution in [3.05, 3.63) is 0 Å². The van der Waals surface area contributed by atoms with Gasteiger partial charge in [-0.3, -0.25) is 0 Å². The minimum Gasteiger partial charge on any atom is -0.379 e. The summed E-state index contributed by atoms with van der Waals surface area (Å²) in [6, 6.07) is 0.697. The molecule has 1 atom stereocenters. The van der Waals surface area contributed by atoms with Gasteiger partial charge in [0, 0.05) is 32.2 Å². The summed E-state index contributed by atoms with van der Waals surface area (Å²) in [6.45, 7) is 9.56. The number of nitrogens with zero attached hydrogens (tertiary/aromatic N) is 2. The van der Waals surface area contributed by atoms with Gasteiger partial charge in [0.25, 0.3) is 0 Å². The molecule has 14 heavy (non-hydrogen) atoms. The normalized spacial score (nSPS) is 31.1. The second kappa shape index (κ2) is 5.07. The Labute approximate surface area is 86.2 Å². The van der Waals surface area contributed by atoms with Crippen LogP contribution in [0.25, 0.3) is 0 Å². The molecule has 2 saturated heterocycles. The molecule has 2 fully saturated rings. The van der Waals surface area contributed by atoms with Crippen molar-refractivity contribution in [2.45, 2.75) is 19.4 Å². The largest absolute Gasteiger partial charge is 0.379 e. The number of morpholine rings is 1. The number of ether oxygens (including phenoxy) is 1. The molecule has 0 aliphatic carbocycles. The summed E-state index contributed by atoms with van der Waals surface area (Å²) in [5.41, 5.74) is 0. The molecule has 0 amide bonds. The molecule has 0 aromatic heterocycles. The second-order valence-electron chi connectivity index (χ2n) is 4.02. The molecule has 0 aromatic rings. The molecule has 82 valence electrons. The van der Waals surface area contributed by atoms with Gasteiger partial charge in [-0.1, -0.05) is 6.92 Å². The molecule has 0 spiro atoms. The van der Waals surface area contributed by atoms with Gasteiger partial charge in [0.15, 0.2) is 0 Å². The predicted molar refractivity (Wildman–Crippen MR) is 56.0 cm³/mol. The Morgan fingerprint density at radius 2 is 2.00 bits per heavy atom. The number of nitrogens with one attached hydrogen (secondary N) is 1. The lowest BCUT2D eigenvalue weighted by molar-refractivity contribution is -0.0782. The molecule has 1 unspecified atom stereocenters. The maximum Gasteiger partial charge on any atom is 0.0608 e. The van der Waals surface area contributed by atoms with Gasteiger partial charge in [0.1, 0.15) is 0 Å². The van der Waals surface area contributed by atoms with E-state index in [2.05, 4.69) is 22.3 Å². The first kappa shape index (κ1) is 10.4. The highest BCUT2D eigenvalue weighted by Crippen LogP contribution is 2.13. The van der Waals surface area contributed by atoms with Crippen LogP contribution in [0.4, 0.5) is 0 Å². The Hall–Kier alpha value is -0.160. The first-order chi connectivity index (χ1) is 6.90. The lowest BCUT2D eigenvalue weighted by Gasteiger charge is -2.34. The summed E-state index contributed by atoms with van der Waals surface area (Å²) in [7, 11) is 0. The van der Waals surface area contributed by atoms with Crippen molar-refractivity contribution in [3.8, 4) is 0 Å². The summed E-state index contributed by atoms with van der Waals surface area (Å²) in [6.07, 6.45) is 1.28. The van der Waals surface area contributed by atoms with Gasteiger partial charge in [0.05, 0.1) is 13.2 Å². The van der Waals surface area contributed by atoms with E-state index in [4.69, 9.17) is 4.74 Å². The van der Waals surface area contributed by atoms with Crippen LogP contribution in [0.5, 0.6) is 0 Å². The van der Waals surface area contributed by atoms with Crippen molar-refractivity contribution in [1.82, 2.24) is 15.3 Å². The molecule has 0 bridgehead atoms. The molecule has 2 aliphatic heterocycles. The number of rotatable bonds is 3. The Morgan fingerprint density at radius 1 is 1.21 bits per heavy atom. The first-order valence-electron chi connectivity index (χ1n) is 5.71. The fraction of sp³-hybridized carbons (Fsp3) is 1.00. The van der Waals surface area contributed by atoms with Crippen molar-refractivity contribution >= 4 is 0 Å². The minimum absolute atomic E-state index is 0.697. The van der Waals surface area contributed by atoms with Gasteiger partial charge in [-0.2, -0.15) is 0 Å². The number of hydrogen-bond donors (Lipinski definition) is 1. The van der Waals surface area contributed by atoms with Crippen LogP contribution in [-0.2, 0) is 4.74 Å². The smallest absolute Gasteiger partial charge is 0.0608 e. The minimum atomic E-state index is 0.697. The van der Waals surface area contributed by atoms with E-state index < -0.39 is 0 Å². The van der Waals surface area contributed by atoms with Gasteiger partial charge in [-0.15, -0.1) is 0 Å². The van der Waals surface area contributed by atoms with Crippen molar-refractivity contribution in [2.75, 3.05) is 45.9 Å². The Balaban J connectivity index is 1.76. The van der Waals surface area contributed by atoms with Crippen LogP contribution >= 0.6 is 0 Å². The summed E-state index contributed by atoms with van der Waals surface area (Å²) < 4.78 is 5.35. The molecule has 4 nitrogen and oxygen atoms in total. The number of likely N-dealkylation sites (N-methyl/N-ethyl adjacent to an activating group) is 1. The van der Waals surface area contributed by atoms with Gasteiger partial charge in [-0.25, -0.2) is 10.0 Å². The number of hydrogen-bond acceptors (Lipinski definition) is 4. The van der Waals surface area contributed by atoms with Crippen molar-refractivity contribution < 1.29 is 4.74 Å². The average molecular weight is 199 g/mol. The molecule has 0 saturated carbocycles. The standard InChI is InChI=1S/C10H21N3O/c1-2-11-10-3-4-13(9-10)12-5-7-14-8-6-12/h10-11H,2-9H2,1H3. The summed E-state index contributed by atoms with van der Waals surface area (Å²) in [4.78, 5) is 0. The third kappa shape index (κ3) is 2.45. The van der Waals surface area contributed by atoms with E-state index in [1.54, 1.807) is 0 Å². The van der Waals surface area contributed by atoms with E-state index in [-0.39, 0.29) is 0 Å². The van der Waals surface area contributed by atoms with Crippen LogP contribution in [0.3, 0.4) is 0 Å². The fourth-order valence-corrected chi connectivity index (χ4v) is 2.29. The van der Waals surface area contributed by atoms with E-state index >= 15 is 0 Å². The molecular formula is C10H21N3O. The second-order valence-corrected chi connectivity index (χ2v) is 4.02. The Kier molecular flexibility index (Phi) is 3.75. The Bertz CT molecular complexity index is 171. The quantitative estimate of drug-likeness (QED) is 0.688. The van der Waals surface area contributed by atoms with Gasteiger partial charge in [0.2, 0.25) is 0 Å². The van der Waals surface area contributed by atoms with E-state index in [9.17, 15) is 0 Å². The van der Waals surface area contributed by atoms with Crippen LogP contribution in [0, 0.1) is 0 Å². The van der Waals surface area contributed by atoms with E-state index in [0.717, 1.165) is 32.8 Å². The van der Waals surface area contributed by atoms with Crippen LogP contribution in [0.1, 0.15) is 13.3 Å². The summed E-state index contributed by atoms with van der Waals surface area (Å²) in [5, 5.41) is 8.44. The van der Waals surface area contributed by atoms with Crippen LogP contribution in [-0.4, -0.2) is 62.0 Å². The third-order valence-electron chi connectivity index (χ3n) is 3.05. The first-order valence-corrected chi connectivity index (χ1v) is 5.71. The molecule has 2 rings (SSSR count). The zero-order valence-electron chi connectivity index (χ0n) is 9.04. The zero-order valence-corrected chi connectivity index (χ0v) is 9.04. The monoisotopic (exact) mass is 199 g/mol. The van der Waals surface area contributed by atoms with E-state index in [1.165, 1.54) is 19.5 Å². The van der Waals surface area contributed by atoms with Gasteiger partial charge in [-0.05, 0) is 13.0 Å². The van der Waals surface area contributed by atoms with Crippen LogP contribution < -0.4 is 5.32 Å². The molecule has 1 N–H and O–H groups in total.